The summed E-state index contributed by atoms with van der Waals surface area (Å²) >= 11 is 0. The highest BCUT2D eigenvalue weighted by Crippen LogP contribution is 2.13. The lowest BCUT2D eigenvalue weighted by molar-refractivity contribution is -0.167. The van der Waals surface area contributed by atoms with Crippen molar-refractivity contribution in [3.05, 3.63) is 72.9 Å². The predicted octanol–water partition coefficient (Wildman–Crippen LogP) is 17.4. The van der Waals surface area contributed by atoms with Gasteiger partial charge in [0.2, 0.25) is 0 Å². The summed E-state index contributed by atoms with van der Waals surface area (Å²) in [6.07, 6.45) is 64.4. The van der Waals surface area contributed by atoms with E-state index in [0.29, 0.717) is 19.3 Å². The van der Waals surface area contributed by atoms with Crippen LogP contribution in [0.15, 0.2) is 72.9 Å². The molecule has 0 N–H and O–H groups in total. The van der Waals surface area contributed by atoms with Gasteiger partial charge in [0.1, 0.15) is 13.2 Å². The Bertz CT molecular complexity index is 1130. The first kappa shape index (κ1) is 59.9. The maximum absolute atomic E-state index is 12.8. The Morgan fingerprint density at radius 1 is 0.317 bits per heavy atom. The van der Waals surface area contributed by atoms with Crippen LogP contribution in [0.5, 0.6) is 0 Å². The first-order valence-corrected chi connectivity index (χ1v) is 26.4. The van der Waals surface area contributed by atoms with E-state index >= 15 is 0 Å². The molecule has 0 spiro atoms. The van der Waals surface area contributed by atoms with E-state index in [4.69, 9.17) is 14.2 Å². The molecular formula is C57H98O6. The predicted molar refractivity (Wildman–Crippen MR) is 270 cm³/mol. The van der Waals surface area contributed by atoms with Gasteiger partial charge >= 0.3 is 17.9 Å². The molecule has 0 aliphatic rings. The van der Waals surface area contributed by atoms with Gasteiger partial charge in [-0.1, -0.05) is 190 Å². The van der Waals surface area contributed by atoms with Crippen LogP contribution in [0.1, 0.15) is 252 Å². The standard InChI is InChI=1S/C57H98O6/c1-4-7-10-13-16-19-22-25-28-31-34-37-40-43-46-49-55(58)61-52-54(63-57(60)51-48-45-42-39-36-33-30-27-24-21-18-15-12-9-6-3)53-62-56(59)50-47-44-41-38-35-32-29-26-23-20-17-14-11-8-5-2/h16-21,25-30,54H,4-15,22-24,31-53H2,1-3H3/b19-16+,20-17+,21-18+,28-25+,29-26+,30-27+. The van der Waals surface area contributed by atoms with Crippen LogP contribution in [0.25, 0.3) is 0 Å². The van der Waals surface area contributed by atoms with Gasteiger partial charge in [-0.2, -0.15) is 0 Å². The molecule has 63 heavy (non-hydrogen) atoms. The van der Waals surface area contributed by atoms with Gasteiger partial charge in [0, 0.05) is 19.3 Å². The van der Waals surface area contributed by atoms with Crippen molar-refractivity contribution in [2.24, 2.45) is 0 Å². The first-order chi connectivity index (χ1) is 31.0. The second-order valence-electron chi connectivity index (χ2n) is 17.4. The zero-order valence-corrected chi connectivity index (χ0v) is 41.3. The van der Waals surface area contributed by atoms with Crippen molar-refractivity contribution in [1.82, 2.24) is 0 Å². The highest BCUT2D eigenvalue weighted by atomic mass is 16.6. The monoisotopic (exact) mass is 879 g/mol. The first-order valence-electron chi connectivity index (χ1n) is 26.4. The molecule has 0 aromatic heterocycles. The van der Waals surface area contributed by atoms with Crippen molar-refractivity contribution >= 4 is 17.9 Å². The average Bonchev–Trinajstić information content (AvgIpc) is 3.28. The summed E-state index contributed by atoms with van der Waals surface area (Å²) in [5, 5.41) is 0. The molecule has 0 amide bonds. The summed E-state index contributed by atoms with van der Waals surface area (Å²) in [6, 6.07) is 0. The number of carbonyl (C=O) groups is 3. The van der Waals surface area contributed by atoms with Crippen molar-refractivity contribution in [3.63, 3.8) is 0 Å². The van der Waals surface area contributed by atoms with E-state index in [9.17, 15) is 14.4 Å². The molecule has 0 saturated heterocycles. The lowest BCUT2D eigenvalue weighted by Crippen LogP contribution is -2.30. The largest absolute Gasteiger partial charge is 0.462 e. The van der Waals surface area contributed by atoms with Crippen molar-refractivity contribution in [1.29, 1.82) is 0 Å². The highest BCUT2D eigenvalue weighted by Gasteiger charge is 2.19. The van der Waals surface area contributed by atoms with Crippen LogP contribution in [0.3, 0.4) is 0 Å². The third-order valence-electron chi connectivity index (χ3n) is 11.2. The fraction of sp³-hybridized carbons (Fsp3) is 0.737. The second-order valence-corrected chi connectivity index (χ2v) is 17.4. The van der Waals surface area contributed by atoms with Crippen molar-refractivity contribution < 1.29 is 28.6 Å². The quantitative estimate of drug-likeness (QED) is 0.0262. The maximum Gasteiger partial charge on any atom is 0.306 e. The number of unbranched alkanes of at least 4 members (excludes halogenated alkanes) is 24. The molecule has 0 bridgehead atoms. The molecule has 0 atom stereocenters. The van der Waals surface area contributed by atoms with Crippen molar-refractivity contribution in [2.45, 2.75) is 258 Å². The fourth-order valence-corrected chi connectivity index (χ4v) is 7.12. The molecule has 362 valence electrons. The van der Waals surface area contributed by atoms with Crippen LogP contribution < -0.4 is 0 Å². The molecule has 0 aromatic carbocycles. The summed E-state index contributed by atoms with van der Waals surface area (Å²) in [6.45, 7) is 6.52. The molecule has 0 radical (unpaired) electrons. The van der Waals surface area contributed by atoms with Gasteiger partial charge in [0.15, 0.2) is 6.10 Å². The van der Waals surface area contributed by atoms with Crippen molar-refractivity contribution in [3.8, 4) is 0 Å². The molecule has 0 unspecified atom stereocenters. The lowest BCUT2D eigenvalue weighted by atomic mass is 10.1. The number of rotatable bonds is 47. The van der Waals surface area contributed by atoms with E-state index in [-0.39, 0.29) is 31.1 Å². The van der Waals surface area contributed by atoms with Crippen LogP contribution in [-0.4, -0.2) is 37.2 Å². The Morgan fingerprint density at radius 3 is 0.873 bits per heavy atom. The number of allylic oxidation sites excluding steroid dienone is 12. The molecule has 6 nitrogen and oxygen atoms in total. The Hall–Kier alpha value is -3.15. The van der Waals surface area contributed by atoms with Crippen LogP contribution in [0.4, 0.5) is 0 Å². The zero-order chi connectivity index (χ0) is 45.8. The minimum Gasteiger partial charge on any atom is -0.462 e. The van der Waals surface area contributed by atoms with Gasteiger partial charge in [0.25, 0.3) is 0 Å². The molecule has 0 saturated carbocycles. The summed E-state index contributed by atoms with van der Waals surface area (Å²) in [7, 11) is 0. The zero-order valence-electron chi connectivity index (χ0n) is 41.3. The average molecular weight is 879 g/mol. The van der Waals surface area contributed by atoms with E-state index in [1.165, 1.54) is 77.0 Å². The number of ether oxygens (including phenoxy) is 3. The van der Waals surface area contributed by atoms with Gasteiger partial charge in [-0.25, -0.2) is 0 Å². The highest BCUT2D eigenvalue weighted by molar-refractivity contribution is 5.71. The van der Waals surface area contributed by atoms with E-state index in [2.05, 4.69) is 93.7 Å². The normalized spacial score (nSPS) is 12.2. The minimum absolute atomic E-state index is 0.0933. The van der Waals surface area contributed by atoms with Crippen LogP contribution in [-0.2, 0) is 28.6 Å². The number of hydrogen-bond donors (Lipinski definition) is 0. The van der Waals surface area contributed by atoms with Crippen molar-refractivity contribution in [2.75, 3.05) is 13.2 Å². The second kappa shape index (κ2) is 51.5. The lowest BCUT2D eigenvalue weighted by Gasteiger charge is -2.18. The molecule has 0 heterocycles. The van der Waals surface area contributed by atoms with E-state index in [1.54, 1.807) is 0 Å². The molecule has 0 aromatic rings. The summed E-state index contributed by atoms with van der Waals surface area (Å²) in [5.74, 6) is -0.931. The molecule has 0 aliphatic carbocycles. The topological polar surface area (TPSA) is 78.9 Å². The van der Waals surface area contributed by atoms with E-state index < -0.39 is 6.10 Å². The Morgan fingerprint density at radius 2 is 0.571 bits per heavy atom. The molecule has 0 aliphatic heterocycles. The minimum atomic E-state index is -0.794. The SMILES string of the molecule is CCCCC/C=C/C/C=C/CCCCCCCC(=O)OCC(COC(=O)CCCCCCC/C=C/C/C=C/CCCCC)OC(=O)CCCCCCC/C=C/C/C=C/CCCCC. The summed E-state index contributed by atoms with van der Waals surface area (Å²) in [5.41, 5.74) is 0. The number of carbonyl (C=O) groups excluding carboxylic acids is 3. The van der Waals surface area contributed by atoms with Gasteiger partial charge in [-0.3, -0.25) is 14.4 Å². The fourth-order valence-electron chi connectivity index (χ4n) is 7.12. The van der Waals surface area contributed by atoms with Crippen LogP contribution in [0.2, 0.25) is 0 Å². The molecule has 6 heteroatoms. The molecule has 0 fully saturated rings. The van der Waals surface area contributed by atoms with E-state index in [0.717, 1.165) is 135 Å². The number of esters is 3. The third-order valence-corrected chi connectivity index (χ3v) is 11.2. The Kier molecular flexibility index (Phi) is 48.9. The Labute approximate surface area is 389 Å². The van der Waals surface area contributed by atoms with Gasteiger partial charge in [-0.15, -0.1) is 0 Å². The molecule has 0 rings (SSSR count). The van der Waals surface area contributed by atoms with E-state index in [1.807, 2.05) is 0 Å². The molecular weight excluding hydrogens is 781 g/mol. The van der Waals surface area contributed by atoms with Crippen LogP contribution in [0, 0.1) is 0 Å². The van der Waals surface area contributed by atoms with Gasteiger partial charge in [-0.05, 0) is 116 Å². The van der Waals surface area contributed by atoms with Gasteiger partial charge in [0.05, 0.1) is 0 Å². The third kappa shape index (κ3) is 49.7. The van der Waals surface area contributed by atoms with Gasteiger partial charge < -0.3 is 14.2 Å². The van der Waals surface area contributed by atoms with Crippen LogP contribution >= 0.6 is 0 Å². The maximum atomic E-state index is 12.8. The number of hydrogen-bond acceptors (Lipinski definition) is 6. The summed E-state index contributed by atoms with van der Waals surface area (Å²) in [4.78, 5) is 38.0. The smallest absolute Gasteiger partial charge is 0.306 e. The summed E-state index contributed by atoms with van der Waals surface area (Å²) < 4.78 is 16.8. The Balaban J connectivity index is 4.46.